The van der Waals surface area contributed by atoms with Crippen LogP contribution in [0.15, 0.2) is 48.7 Å². The summed E-state index contributed by atoms with van der Waals surface area (Å²) in [6, 6.07) is 14.4. The van der Waals surface area contributed by atoms with Crippen LogP contribution in [0.5, 0.6) is 0 Å². The summed E-state index contributed by atoms with van der Waals surface area (Å²) in [5.74, 6) is 0.158. The summed E-state index contributed by atoms with van der Waals surface area (Å²) in [4.78, 5) is 15.3. The zero-order valence-electron chi connectivity index (χ0n) is 15.5. The van der Waals surface area contributed by atoms with Gasteiger partial charge in [0.2, 0.25) is 5.91 Å². The second-order valence-electron chi connectivity index (χ2n) is 6.98. The topological polar surface area (TPSA) is 43.1 Å². The fourth-order valence-electron chi connectivity index (χ4n) is 3.96. The Labute approximate surface area is 153 Å². The van der Waals surface area contributed by atoms with Gasteiger partial charge >= 0.3 is 0 Å². The molecule has 0 saturated carbocycles. The lowest BCUT2D eigenvalue weighted by Gasteiger charge is -2.37. The standard InChI is InChI=1S/C21H24N4O/c1-15-18(16(2)23(3)22-15)14-20(26)25-13-12-24-11-7-10-19(24)21(25)17-8-5-4-6-9-17/h4-11,21H,12-14H2,1-3H3. The highest BCUT2D eigenvalue weighted by molar-refractivity contribution is 5.80. The third-order valence-corrected chi connectivity index (χ3v) is 5.46. The first-order chi connectivity index (χ1) is 12.6. The van der Waals surface area contributed by atoms with Crippen LogP contribution in [-0.4, -0.2) is 31.7 Å². The van der Waals surface area contributed by atoms with Crippen molar-refractivity contribution in [2.45, 2.75) is 32.9 Å². The Bertz CT molecular complexity index is 938. The molecule has 0 N–H and O–H groups in total. The van der Waals surface area contributed by atoms with Crippen molar-refractivity contribution in [2.24, 2.45) is 7.05 Å². The zero-order valence-corrected chi connectivity index (χ0v) is 15.5. The lowest BCUT2D eigenvalue weighted by molar-refractivity contribution is -0.133. The van der Waals surface area contributed by atoms with E-state index in [1.165, 1.54) is 5.69 Å². The van der Waals surface area contributed by atoms with Crippen molar-refractivity contribution in [3.63, 3.8) is 0 Å². The monoisotopic (exact) mass is 348 g/mol. The lowest BCUT2D eigenvalue weighted by atomic mass is 9.98. The molecule has 3 aromatic rings. The van der Waals surface area contributed by atoms with E-state index in [0.29, 0.717) is 6.42 Å². The van der Waals surface area contributed by atoms with Gasteiger partial charge < -0.3 is 9.47 Å². The van der Waals surface area contributed by atoms with E-state index in [2.05, 4.69) is 40.1 Å². The maximum Gasteiger partial charge on any atom is 0.228 e. The predicted octanol–water partition coefficient (Wildman–Crippen LogP) is 3.01. The van der Waals surface area contributed by atoms with E-state index in [4.69, 9.17) is 0 Å². The van der Waals surface area contributed by atoms with Gasteiger partial charge in [0.15, 0.2) is 0 Å². The number of hydrogen-bond donors (Lipinski definition) is 0. The van der Waals surface area contributed by atoms with E-state index in [1.54, 1.807) is 0 Å². The maximum absolute atomic E-state index is 13.3. The number of nitrogens with zero attached hydrogens (tertiary/aromatic N) is 4. The summed E-state index contributed by atoms with van der Waals surface area (Å²) >= 11 is 0. The second kappa shape index (κ2) is 6.48. The Morgan fingerprint density at radius 1 is 1.12 bits per heavy atom. The summed E-state index contributed by atoms with van der Waals surface area (Å²) in [6.07, 6.45) is 2.50. The normalized spacial score (nSPS) is 16.6. The number of rotatable bonds is 3. The predicted molar refractivity (Wildman–Crippen MR) is 101 cm³/mol. The van der Waals surface area contributed by atoms with E-state index in [-0.39, 0.29) is 11.9 Å². The molecule has 1 aliphatic rings. The van der Waals surface area contributed by atoms with Gasteiger partial charge in [-0.3, -0.25) is 9.48 Å². The van der Waals surface area contributed by atoms with Crippen LogP contribution in [0.2, 0.25) is 0 Å². The van der Waals surface area contributed by atoms with E-state index in [9.17, 15) is 4.79 Å². The highest BCUT2D eigenvalue weighted by atomic mass is 16.2. The first-order valence-corrected chi connectivity index (χ1v) is 9.05. The van der Waals surface area contributed by atoms with Gasteiger partial charge in [-0.25, -0.2) is 0 Å². The molecule has 1 atom stereocenters. The maximum atomic E-state index is 13.3. The Morgan fingerprint density at radius 2 is 1.88 bits per heavy atom. The molecule has 1 aliphatic heterocycles. The molecule has 0 fully saturated rings. The van der Waals surface area contributed by atoms with Gasteiger partial charge in [-0.2, -0.15) is 5.10 Å². The summed E-state index contributed by atoms with van der Waals surface area (Å²) in [5.41, 5.74) is 5.38. The van der Waals surface area contributed by atoms with Crippen molar-refractivity contribution in [3.05, 3.63) is 76.9 Å². The average Bonchev–Trinajstić information content (AvgIpc) is 3.21. The van der Waals surface area contributed by atoms with Crippen molar-refractivity contribution in [3.8, 4) is 0 Å². The minimum atomic E-state index is -0.0373. The van der Waals surface area contributed by atoms with Crippen LogP contribution in [0.1, 0.15) is 34.3 Å². The highest BCUT2D eigenvalue weighted by Crippen LogP contribution is 2.33. The Balaban J connectivity index is 1.69. The molecule has 0 aliphatic carbocycles. The Hall–Kier alpha value is -2.82. The SMILES string of the molecule is Cc1nn(C)c(C)c1CC(=O)N1CCn2cccc2C1c1ccccc1. The van der Waals surface area contributed by atoms with Gasteiger partial charge in [-0.1, -0.05) is 30.3 Å². The highest BCUT2D eigenvalue weighted by Gasteiger charge is 2.32. The van der Waals surface area contributed by atoms with Gasteiger partial charge in [0.25, 0.3) is 0 Å². The van der Waals surface area contributed by atoms with Crippen LogP contribution in [0.3, 0.4) is 0 Å². The molecular formula is C21H24N4O. The third kappa shape index (κ3) is 2.73. The lowest BCUT2D eigenvalue weighted by Crippen LogP contribution is -2.43. The van der Waals surface area contributed by atoms with E-state index in [1.807, 2.05) is 48.7 Å². The van der Waals surface area contributed by atoms with Crippen LogP contribution < -0.4 is 0 Å². The summed E-state index contributed by atoms with van der Waals surface area (Å²) < 4.78 is 4.11. The second-order valence-corrected chi connectivity index (χ2v) is 6.98. The molecule has 3 heterocycles. The van der Waals surface area contributed by atoms with Crippen molar-refractivity contribution >= 4 is 5.91 Å². The fraction of sp³-hybridized carbons (Fsp3) is 0.333. The van der Waals surface area contributed by atoms with Crippen molar-refractivity contribution in [1.29, 1.82) is 0 Å². The van der Waals surface area contributed by atoms with Crippen molar-refractivity contribution in [1.82, 2.24) is 19.2 Å². The van der Waals surface area contributed by atoms with Crippen molar-refractivity contribution in [2.75, 3.05) is 6.54 Å². The summed E-state index contributed by atoms with van der Waals surface area (Å²) in [7, 11) is 1.93. The quantitative estimate of drug-likeness (QED) is 0.730. The molecule has 0 bridgehead atoms. The van der Waals surface area contributed by atoms with Gasteiger partial charge in [0, 0.05) is 43.3 Å². The van der Waals surface area contributed by atoms with Gasteiger partial charge in [-0.05, 0) is 31.5 Å². The van der Waals surface area contributed by atoms with E-state index in [0.717, 1.165) is 35.6 Å². The van der Waals surface area contributed by atoms with E-state index < -0.39 is 0 Å². The minimum Gasteiger partial charge on any atom is -0.348 e. The average molecular weight is 348 g/mol. The number of benzene rings is 1. The molecule has 5 nitrogen and oxygen atoms in total. The van der Waals surface area contributed by atoms with Gasteiger partial charge in [0.1, 0.15) is 0 Å². The van der Waals surface area contributed by atoms with Crippen LogP contribution in [-0.2, 0) is 24.8 Å². The molecule has 5 heteroatoms. The van der Waals surface area contributed by atoms with Crippen molar-refractivity contribution < 1.29 is 4.79 Å². The molecular weight excluding hydrogens is 324 g/mol. The largest absolute Gasteiger partial charge is 0.348 e. The molecule has 1 unspecified atom stereocenters. The first-order valence-electron chi connectivity index (χ1n) is 9.05. The molecule has 134 valence electrons. The van der Waals surface area contributed by atoms with Crippen LogP contribution in [0, 0.1) is 13.8 Å². The van der Waals surface area contributed by atoms with Crippen LogP contribution in [0.4, 0.5) is 0 Å². The minimum absolute atomic E-state index is 0.0373. The number of amides is 1. The molecule has 0 radical (unpaired) electrons. The number of aromatic nitrogens is 3. The van der Waals surface area contributed by atoms with Crippen LogP contribution >= 0.6 is 0 Å². The number of carbonyl (C=O) groups excluding carboxylic acids is 1. The Kier molecular flexibility index (Phi) is 4.15. The van der Waals surface area contributed by atoms with Gasteiger partial charge in [0.05, 0.1) is 18.2 Å². The third-order valence-electron chi connectivity index (χ3n) is 5.46. The van der Waals surface area contributed by atoms with E-state index >= 15 is 0 Å². The molecule has 2 aromatic heterocycles. The molecule has 0 spiro atoms. The molecule has 1 aromatic carbocycles. The van der Waals surface area contributed by atoms with Gasteiger partial charge in [-0.15, -0.1) is 0 Å². The van der Waals surface area contributed by atoms with Crippen LogP contribution in [0.25, 0.3) is 0 Å². The molecule has 1 amide bonds. The fourth-order valence-corrected chi connectivity index (χ4v) is 3.96. The summed E-state index contributed by atoms with van der Waals surface area (Å²) in [6.45, 7) is 5.56. The number of carbonyl (C=O) groups is 1. The first kappa shape index (κ1) is 16.6. The Morgan fingerprint density at radius 3 is 2.58 bits per heavy atom. The summed E-state index contributed by atoms with van der Waals surface area (Å²) in [5, 5.41) is 4.46. The zero-order chi connectivity index (χ0) is 18.3. The molecule has 0 saturated heterocycles. The smallest absolute Gasteiger partial charge is 0.228 e. The molecule has 26 heavy (non-hydrogen) atoms. The number of fused-ring (bicyclic) bond motifs is 1. The molecule has 4 rings (SSSR count). The number of aryl methyl sites for hydroxylation is 2. The number of hydrogen-bond acceptors (Lipinski definition) is 2.